The first-order chi connectivity index (χ1) is 10.3. The van der Waals surface area contributed by atoms with Crippen LogP contribution in [0.1, 0.15) is 12.5 Å². The Bertz CT molecular complexity index is 555. The molecule has 1 heterocycles. The molecule has 0 unspecified atom stereocenters. The molecule has 0 saturated heterocycles. The first-order valence-corrected chi connectivity index (χ1v) is 6.94. The van der Waals surface area contributed by atoms with Crippen LogP contribution in [0.4, 0.5) is 10.5 Å². The maximum Gasteiger partial charge on any atom is 0.319 e. The molecular formula is C16H19N3O2. The van der Waals surface area contributed by atoms with Crippen LogP contribution in [-0.4, -0.2) is 24.2 Å². The third-order valence-electron chi connectivity index (χ3n) is 2.87. The van der Waals surface area contributed by atoms with E-state index in [0.717, 1.165) is 23.4 Å². The Labute approximate surface area is 124 Å². The van der Waals surface area contributed by atoms with Crippen LogP contribution in [0.5, 0.6) is 5.75 Å². The molecule has 0 atom stereocenters. The van der Waals surface area contributed by atoms with Crippen LogP contribution < -0.4 is 15.4 Å². The van der Waals surface area contributed by atoms with E-state index in [0.29, 0.717) is 13.2 Å². The molecule has 1 aromatic carbocycles. The van der Waals surface area contributed by atoms with Gasteiger partial charge in [-0.25, -0.2) is 4.79 Å². The summed E-state index contributed by atoms with van der Waals surface area (Å²) < 4.78 is 5.35. The number of carbonyl (C=O) groups excluding carboxylic acids is 1. The van der Waals surface area contributed by atoms with E-state index in [-0.39, 0.29) is 6.03 Å². The van der Waals surface area contributed by atoms with Crippen molar-refractivity contribution in [2.45, 2.75) is 13.3 Å². The fraction of sp³-hybridized carbons (Fsp3) is 0.250. The van der Waals surface area contributed by atoms with E-state index in [4.69, 9.17) is 4.74 Å². The predicted octanol–water partition coefficient (Wildman–Crippen LogP) is 2.84. The molecule has 2 aromatic rings. The standard InChI is InChI=1S/C16H19N3O2/c1-2-21-15-5-3-14(4-6-15)19-16(20)18-12-9-13-7-10-17-11-8-13/h3-8,10-11H,2,9,12H2,1H3,(H2,18,19,20). The summed E-state index contributed by atoms with van der Waals surface area (Å²) in [5.74, 6) is 0.793. The highest BCUT2D eigenvalue weighted by Crippen LogP contribution is 2.15. The number of carbonyl (C=O) groups is 1. The number of urea groups is 1. The van der Waals surface area contributed by atoms with Gasteiger partial charge >= 0.3 is 6.03 Å². The number of amides is 2. The normalized spacial score (nSPS) is 9.95. The van der Waals surface area contributed by atoms with Crippen molar-refractivity contribution < 1.29 is 9.53 Å². The summed E-state index contributed by atoms with van der Waals surface area (Å²) in [6.07, 6.45) is 4.27. The zero-order valence-corrected chi connectivity index (χ0v) is 12.0. The van der Waals surface area contributed by atoms with Gasteiger partial charge in [0.1, 0.15) is 5.75 Å². The molecule has 2 rings (SSSR count). The number of benzene rings is 1. The largest absolute Gasteiger partial charge is 0.494 e. The monoisotopic (exact) mass is 285 g/mol. The van der Waals surface area contributed by atoms with Crippen LogP contribution in [0.3, 0.4) is 0 Å². The van der Waals surface area contributed by atoms with E-state index in [1.54, 1.807) is 12.4 Å². The molecule has 1 aromatic heterocycles. The quantitative estimate of drug-likeness (QED) is 0.858. The molecule has 0 aliphatic heterocycles. The van der Waals surface area contributed by atoms with Crippen molar-refractivity contribution in [3.8, 4) is 5.75 Å². The molecule has 0 radical (unpaired) electrons. The van der Waals surface area contributed by atoms with E-state index in [1.807, 2.05) is 43.3 Å². The number of hydrogen-bond acceptors (Lipinski definition) is 3. The van der Waals surface area contributed by atoms with Gasteiger partial charge in [-0.05, 0) is 55.3 Å². The van der Waals surface area contributed by atoms with Crippen LogP contribution in [0, 0.1) is 0 Å². The Hall–Kier alpha value is -2.56. The van der Waals surface area contributed by atoms with Crippen molar-refractivity contribution in [2.75, 3.05) is 18.5 Å². The highest BCUT2D eigenvalue weighted by atomic mass is 16.5. The third kappa shape index (κ3) is 5.14. The molecule has 5 heteroatoms. The molecule has 0 spiro atoms. The Morgan fingerprint density at radius 1 is 1.14 bits per heavy atom. The summed E-state index contributed by atoms with van der Waals surface area (Å²) in [7, 11) is 0. The Kier molecular flexibility index (Phi) is 5.58. The lowest BCUT2D eigenvalue weighted by Gasteiger charge is -2.08. The number of hydrogen-bond donors (Lipinski definition) is 2. The first kappa shape index (κ1) is 14.8. The fourth-order valence-corrected chi connectivity index (χ4v) is 1.85. The van der Waals surface area contributed by atoms with Gasteiger partial charge in [-0.15, -0.1) is 0 Å². The second-order valence-electron chi connectivity index (χ2n) is 4.44. The van der Waals surface area contributed by atoms with Gasteiger partial charge in [0, 0.05) is 24.6 Å². The number of nitrogens with zero attached hydrogens (tertiary/aromatic N) is 1. The average molecular weight is 285 g/mol. The van der Waals surface area contributed by atoms with Gasteiger partial charge < -0.3 is 15.4 Å². The molecule has 110 valence electrons. The van der Waals surface area contributed by atoms with Gasteiger partial charge in [-0.2, -0.15) is 0 Å². The highest BCUT2D eigenvalue weighted by Gasteiger charge is 2.01. The maximum atomic E-state index is 11.7. The summed E-state index contributed by atoms with van der Waals surface area (Å²) in [6.45, 7) is 3.14. The van der Waals surface area contributed by atoms with Crippen molar-refractivity contribution >= 4 is 11.7 Å². The second-order valence-corrected chi connectivity index (χ2v) is 4.44. The van der Waals surface area contributed by atoms with Crippen molar-refractivity contribution in [1.29, 1.82) is 0 Å². The summed E-state index contributed by atoms with van der Waals surface area (Å²) >= 11 is 0. The molecule has 2 N–H and O–H groups in total. The van der Waals surface area contributed by atoms with Gasteiger partial charge in [0.15, 0.2) is 0 Å². The minimum atomic E-state index is -0.215. The van der Waals surface area contributed by atoms with Crippen LogP contribution in [0.15, 0.2) is 48.8 Å². The van der Waals surface area contributed by atoms with Gasteiger partial charge in [0.25, 0.3) is 0 Å². The zero-order chi connectivity index (χ0) is 14.9. The molecular weight excluding hydrogens is 266 g/mol. The Morgan fingerprint density at radius 2 is 1.86 bits per heavy atom. The van der Waals surface area contributed by atoms with Crippen LogP contribution in [0.25, 0.3) is 0 Å². The fourth-order valence-electron chi connectivity index (χ4n) is 1.85. The lowest BCUT2D eigenvalue weighted by molar-refractivity contribution is 0.252. The Balaban J connectivity index is 1.74. The molecule has 0 aliphatic rings. The van der Waals surface area contributed by atoms with Gasteiger partial charge in [-0.3, -0.25) is 4.98 Å². The van der Waals surface area contributed by atoms with Crippen LogP contribution in [-0.2, 0) is 6.42 Å². The van der Waals surface area contributed by atoms with E-state index < -0.39 is 0 Å². The summed E-state index contributed by atoms with van der Waals surface area (Å²) in [5, 5.41) is 5.60. The minimum Gasteiger partial charge on any atom is -0.494 e. The topological polar surface area (TPSA) is 63.2 Å². The number of anilines is 1. The Morgan fingerprint density at radius 3 is 2.52 bits per heavy atom. The molecule has 0 bridgehead atoms. The van der Waals surface area contributed by atoms with Gasteiger partial charge in [-0.1, -0.05) is 0 Å². The molecule has 5 nitrogen and oxygen atoms in total. The summed E-state index contributed by atoms with van der Waals surface area (Å²) in [4.78, 5) is 15.7. The van der Waals surface area contributed by atoms with Crippen LogP contribution >= 0.6 is 0 Å². The number of aromatic nitrogens is 1. The average Bonchev–Trinajstić information content (AvgIpc) is 2.51. The maximum absolute atomic E-state index is 11.7. The number of ether oxygens (including phenoxy) is 1. The molecule has 21 heavy (non-hydrogen) atoms. The SMILES string of the molecule is CCOc1ccc(NC(=O)NCCc2ccncc2)cc1. The summed E-state index contributed by atoms with van der Waals surface area (Å²) in [5.41, 5.74) is 1.88. The number of rotatable bonds is 6. The van der Waals surface area contributed by atoms with Gasteiger partial charge in [0.05, 0.1) is 6.61 Å². The zero-order valence-electron chi connectivity index (χ0n) is 12.0. The number of pyridine rings is 1. The number of nitrogens with one attached hydrogen (secondary N) is 2. The third-order valence-corrected chi connectivity index (χ3v) is 2.87. The first-order valence-electron chi connectivity index (χ1n) is 6.94. The minimum absolute atomic E-state index is 0.215. The van der Waals surface area contributed by atoms with E-state index in [2.05, 4.69) is 15.6 Å². The van der Waals surface area contributed by atoms with Crippen molar-refractivity contribution in [1.82, 2.24) is 10.3 Å². The van der Waals surface area contributed by atoms with Crippen LogP contribution in [0.2, 0.25) is 0 Å². The van der Waals surface area contributed by atoms with Crippen molar-refractivity contribution in [3.05, 3.63) is 54.4 Å². The predicted molar refractivity (Wildman–Crippen MR) is 82.6 cm³/mol. The van der Waals surface area contributed by atoms with Crippen molar-refractivity contribution in [2.24, 2.45) is 0 Å². The molecule has 2 amide bonds. The smallest absolute Gasteiger partial charge is 0.319 e. The second kappa shape index (κ2) is 7.89. The highest BCUT2D eigenvalue weighted by molar-refractivity contribution is 5.89. The summed E-state index contributed by atoms with van der Waals surface area (Å²) in [6, 6.07) is 10.9. The van der Waals surface area contributed by atoms with Gasteiger partial charge in [0.2, 0.25) is 0 Å². The van der Waals surface area contributed by atoms with E-state index in [1.165, 1.54) is 0 Å². The lowest BCUT2D eigenvalue weighted by atomic mass is 10.2. The lowest BCUT2D eigenvalue weighted by Crippen LogP contribution is -2.30. The van der Waals surface area contributed by atoms with E-state index >= 15 is 0 Å². The van der Waals surface area contributed by atoms with Crippen molar-refractivity contribution in [3.63, 3.8) is 0 Å². The molecule has 0 saturated carbocycles. The molecule has 0 fully saturated rings. The molecule has 0 aliphatic carbocycles. The van der Waals surface area contributed by atoms with E-state index in [9.17, 15) is 4.79 Å².